The lowest BCUT2D eigenvalue weighted by Crippen LogP contribution is -2.47. The highest BCUT2D eigenvalue weighted by Gasteiger charge is 2.37. The van der Waals surface area contributed by atoms with E-state index in [9.17, 15) is 14.7 Å². The molecule has 0 aromatic heterocycles. The van der Waals surface area contributed by atoms with Gasteiger partial charge in [0.25, 0.3) is 0 Å². The molecule has 3 fully saturated rings. The minimum absolute atomic E-state index is 0.0450. The van der Waals surface area contributed by atoms with Gasteiger partial charge >= 0.3 is 0 Å². The van der Waals surface area contributed by atoms with Crippen LogP contribution in [0.15, 0.2) is 0 Å². The van der Waals surface area contributed by atoms with Crippen LogP contribution in [-0.2, 0) is 9.59 Å². The maximum absolute atomic E-state index is 12.2. The molecule has 3 rings (SSSR count). The number of aliphatic hydroxyl groups excluding tert-OH is 1. The predicted octanol–water partition coefficient (Wildman–Crippen LogP) is 0.522. The van der Waals surface area contributed by atoms with E-state index < -0.39 is 0 Å². The summed E-state index contributed by atoms with van der Waals surface area (Å²) in [6, 6.07) is 0. The van der Waals surface area contributed by atoms with E-state index in [1.165, 1.54) is 0 Å². The van der Waals surface area contributed by atoms with Gasteiger partial charge in [0.2, 0.25) is 11.8 Å². The van der Waals surface area contributed by atoms with Crippen molar-refractivity contribution in [2.24, 2.45) is 17.8 Å². The Kier molecular flexibility index (Phi) is 3.96. The maximum Gasteiger partial charge on any atom is 0.225 e. The quantitative estimate of drug-likeness (QED) is 0.789. The molecule has 1 unspecified atom stereocenters. The van der Waals surface area contributed by atoms with Crippen molar-refractivity contribution in [2.75, 3.05) is 19.6 Å². The number of amides is 2. The van der Waals surface area contributed by atoms with Crippen molar-refractivity contribution in [1.82, 2.24) is 10.2 Å². The van der Waals surface area contributed by atoms with E-state index in [0.717, 1.165) is 45.1 Å². The molecule has 1 heterocycles. The zero-order valence-corrected chi connectivity index (χ0v) is 11.9. The highest BCUT2D eigenvalue weighted by atomic mass is 16.3. The van der Waals surface area contributed by atoms with E-state index in [-0.39, 0.29) is 29.8 Å². The normalized spacial score (nSPS) is 33.5. The average Bonchev–Trinajstić information content (AvgIpc) is 3.26. The Morgan fingerprint density at radius 1 is 1.15 bits per heavy atom. The van der Waals surface area contributed by atoms with E-state index in [4.69, 9.17) is 0 Å². The summed E-state index contributed by atoms with van der Waals surface area (Å²) in [5, 5.41) is 12.2. The van der Waals surface area contributed by atoms with Gasteiger partial charge in [-0.25, -0.2) is 0 Å². The minimum atomic E-state index is -0.168. The van der Waals surface area contributed by atoms with Gasteiger partial charge in [0.05, 0.1) is 12.0 Å². The number of rotatable bonds is 4. The third kappa shape index (κ3) is 3.14. The molecule has 2 aliphatic carbocycles. The molecule has 20 heavy (non-hydrogen) atoms. The monoisotopic (exact) mass is 280 g/mol. The van der Waals surface area contributed by atoms with E-state index in [2.05, 4.69) is 5.32 Å². The molecule has 0 radical (unpaired) electrons. The van der Waals surface area contributed by atoms with E-state index in [0.29, 0.717) is 19.0 Å². The fourth-order valence-electron chi connectivity index (χ4n) is 3.24. The highest BCUT2D eigenvalue weighted by Crippen LogP contribution is 2.32. The van der Waals surface area contributed by atoms with Crippen LogP contribution in [0.4, 0.5) is 0 Å². The summed E-state index contributed by atoms with van der Waals surface area (Å²) in [7, 11) is 0. The summed E-state index contributed by atoms with van der Waals surface area (Å²) in [5.41, 5.74) is 0. The van der Waals surface area contributed by atoms with Crippen LogP contribution in [-0.4, -0.2) is 47.6 Å². The van der Waals surface area contributed by atoms with Crippen molar-refractivity contribution < 1.29 is 14.7 Å². The molecule has 5 heteroatoms. The Hall–Kier alpha value is -1.10. The van der Waals surface area contributed by atoms with Crippen LogP contribution in [0.5, 0.6) is 0 Å². The van der Waals surface area contributed by atoms with Crippen LogP contribution in [0, 0.1) is 17.8 Å². The number of likely N-dealkylation sites (tertiary alicyclic amines) is 1. The van der Waals surface area contributed by atoms with Gasteiger partial charge in [0, 0.05) is 25.6 Å². The molecule has 0 bridgehead atoms. The lowest BCUT2D eigenvalue weighted by atomic mass is 9.82. The van der Waals surface area contributed by atoms with Gasteiger partial charge in [-0.3, -0.25) is 9.59 Å². The first-order chi connectivity index (χ1) is 9.63. The largest absolute Gasteiger partial charge is 0.393 e. The Bertz CT molecular complexity index is 389. The second kappa shape index (κ2) is 5.72. The van der Waals surface area contributed by atoms with Crippen molar-refractivity contribution in [1.29, 1.82) is 0 Å². The fourth-order valence-corrected chi connectivity index (χ4v) is 3.24. The molecule has 3 aliphatic rings. The Labute approximate surface area is 119 Å². The summed E-state index contributed by atoms with van der Waals surface area (Å²) in [4.78, 5) is 26.1. The summed E-state index contributed by atoms with van der Waals surface area (Å²) in [6.07, 6.45) is 5.30. The molecule has 5 nitrogen and oxygen atoms in total. The van der Waals surface area contributed by atoms with Crippen LogP contribution < -0.4 is 5.32 Å². The Balaban J connectivity index is 1.43. The lowest BCUT2D eigenvalue weighted by Gasteiger charge is -2.34. The molecule has 0 aromatic rings. The van der Waals surface area contributed by atoms with Crippen molar-refractivity contribution in [3.8, 4) is 0 Å². The number of carbonyl (C=O) groups is 2. The number of aliphatic hydroxyl groups is 1. The molecule has 1 saturated heterocycles. The molecule has 2 saturated carbocycles. The van der Waals surface area contributed by atoms with Crippen LogP contribution in [0.25, 0.3) is 0 Å². The van der Waals surface area contributed by atoms with Crippen molar-refractivity contribution in [3.63, 3.8) is 0 Å². The minimum Gasteiger partial charge on any atom is -0.393 e. The smallest absolute Gasteiger partial charge is 0.225 e. The first-order valence-corrected chi connectivity index (χ1v) is 7.88. The number of piperidine rings is 1. The fraction of sp³-hybridized carbons (Fsp3) is 0.867. The van der Waals surface area contributed by atoms with Gasteiger partial charge in [0.15, 0.2) is 0 Å². The molecular weight excluding hydrogens is 256 g/mol. The predicted molar refractivity (Wildman–Crippen MR) is 73.8 cm³/mol. The molecule has 1 atom stereocenters. The number of nitrogens with zero attached hydrogens (tertiary/aromatic N) is 1. The molecule has 2 amide bonds. The third-order valence-corrected chi connectivity index (χ3v) is 4.81. The zero-order valence-electron chi connectivity index (χ0n) is 11.9. The van der Waals surface area contributed by atoms with Crippen molar-refractivity contribution in [3.05, 3.63) is 0 Å². The van der Waals surface area contributed by atoms with Gasteiger partial charge < -0.3 is 15.3 Å². The Morgan fingerprint density at radius 3 is 2.55 bits per heavy atom. The lowest BCUT2D eigenvalue weighted by molar-refractivity contribution is -0.137. The SMILES string of the molecule is O=C(NCC1CC(O)C1)C1CCCN(C(=O)C2CC2)C1. The van der Waals surface area contributed by atoms with Gasteiger partial charge in [-0.2, -0.15) is 0 Å². The van der Waals surface area contributed by atoms with Crippen LogP contribution in [0.1, 0.15) is 38.5 Å². The van der Waals surface area contributed by atoms with E-state index in [1.807, 2.05) is 4.90 Å². The first kappa shape index (κ1) is 13.9. The number of nitrogens with one attached hydrogen (secondary N) is 1. The molecule has 2 N–H and O–H groups in total. The average molecular weight is 280 g/mol. The van der Waals surface area contributed by atoms with Crippen molar-refractivity contribution in [2.45, 2.75) is 44.6 Å². The summed E-state index contributed by atoms with van der Waals surface area (Å²) in [6.45, 7) is 2.07. The molecule has 1 aliphatic heterocycles. The van der Waals surface area contributed by atoms with Gasteiger partial charge in [-0.1, -0.05) is 0 Å². The Morgan fingerprint density at radius 2 is 1.90 bits per heavy atom. The second-order valence-corrected chi connectivity index (χ2v) is 6.63. The third-order valence-electron chi connectivity index (χ3n) is 4.81. The first-order valence-electron chi connectivity index (χ1n) is 7.88. The summed E-state index contributed by atoms with van der Waals surface area (Å²) in [5.74, 6) is 0.968. The van der Waals surface area contributed by atoms with Gasteiger partial charge in [-0.15, -0.1) is 0 Å². The molecule has 112 valence electrons. The standard InChI is InChI=1S/C15H24N2O3/c18-13-6-10(7-13)8-16-14(19)12-2-1-5-17(9-12)15(20)11-3-4-11/h10-13,18H,1-9H2,(H,16,19). The van der Waals surface area contributed by atoms with Crippen molar-refractivity contribution >= 4 is 11.8 Å². The number of hydrogen-bond donors (Lipinski definition) is 2. The second-order valence-electron chi connectivity index (χ2n) is 6.63. The van der Waals surface area contributed by atoms with Crippen LogP contribution >= 0.6 is 0 Å². The topological polar surface area (TPSA) is 69.6 Å². The molecule has 0 spiro atoms. The molecular formula is C15H24N2O3. The highest BCUT2D eigenvalue weighted by molar-refractivity contribution is 5.83. The van der Waals surface area contributed by atoms with E-state index in [1.54, 1.807) is 0 Å². The zero-order chi connectivity index (χ0) is 14.1. The van der Waals surface area contributed by atoms with Crippen LogP contribution in [0.2, 0.25) is 0 Å². The van der Waals surface area contributed by atoms with E-state index >= 15 is 0 Å². The van der Waals surface area contributed by atoms with Gasteiger partial charge in [0.1, 0.15) is 0 Å². The van der Waals surface area contributed by atoms with Crippen LogP contribution in [0.3, 0.4) is 0 Å². The van der Waals surface area contributed by atoms with Gasteiger partial charge in [-0.05, 0) is 44.4 Å². The molecule has 0 aromatic carbocycles. The summed E-state index contributed by atoms with van der Waals surface area (Å²) < 4.78 is 0. The summed E-state index contributed by atoms with van der Waals surface area (Å²) >= 11 is 0. The number of carbonyl (C=O) groups excluding carboxylic acids is 2. The maximum atomic E-state index is 12.2. The number of hydrogen-bond acceptors (Lipinski definition) is 3.